The summed E-state index contributed by atoms with van der Waals surface area (Å²) < 4.78 is 16.5. The van der Waals surface area contributed by atoms with Gasteiger partial charge >= 0.3 is 0 Å². The maximum absolute atomic E-state index is 8.24. The van der Waals surface area contributed by atoms with Crippen LogP contribution < -0.4 is 9.32 Å². The van der Waals surface area contributed by atoms with Crippen LogP contribution in [0.1, 0.15) is 0 Å². The summed E-state index contributed by atoms with van der Waals surface area (Å²) in [4.78, 5) is 0. The van der Waals surface area contributed by atoms with E-state index in [0.29, 0.717) is 0 Å². The summed E-state index contributed by atoms with van der Waals surface area (Å²) >= 11 is -0.417. The fraction of sp³-hybridized carbons (Fsp3) is 0. The van der Waals surface area contributed by atoms with E-state index in [2.05, 4.69) is 0 Å². The van der Waals surface area contributed by atoms with Gasteiger partial charge in [-0.3, -0.25) is 0 Å². The van der Waals surface area contributed by atoms with E-state index in [1.54, 1.807) is 0 Å². The minimum atomic E-state index is -0.417. The lowest BCUT2D eigenvalue weighted by Crippen LogP contribution is -2.13. The first-order valence-electron chi connectivity index (χ1n) is 0.309. The van der Waals surface area contributed by atoms with Gasteiger partial charge in [-0.1, -0.05) is 0 Å². The van der Waals surface area contributed by atoms with Crippen molar-refractivity contribution in [3.8, 4) is 0 Å². The average molecular weight is 105 g/mol. The molecule has 0 aliphatic carbocycles. The lowest BCUT2D eigenvalue weighted by molar-refractivity contribution is -1.41. The highest BCUT2D eigenvalue weighted by molar-refractivity contribution is 1.41. The van der Waals surface area contributed by atoms with Crippen molar-refractivity contribution in [2.45, 2.75) is 0 Å². The Hall–Kier alpha value is 0.500. The average Bonchev–Trinajstić information content (AvgIpc) is 0.918. The van der Waals surface area contributed by atoms with Crippen molar-refractivity contribution in [1.29, 1.82) is 0 Å². The molecular weight excluding hydrogens is 103 g/mol. The van der Waals surface area contributed by atoms with E-state index in [1.807, 2.05) is 0 Å². The van der Waals surface area contributed by atoms with Crippen molar-refractivity contribution < 1.29 is 33.1 Å². The van der Waals surface area contributed by atoms with Gasteiger partial charge in [0.1, 0.15) is 0 Å². The number of hydrogen-bond acceptors (Lipinski definition) is 2. The summed E-state index contributed by atoms with van der Waals surface area (Å²) in [6.45, 7) is 0. The first kappa shape index (κ1) is 8.82. The van der Waals surface area contributed by atoms with Crippen molar-refractivity contribution in [1.82, 2.24) is 0 Å². The molecule has 0 fully saturated rings. The van der Waals surface area contributed by atoms with Gasteiger partial charge in [-0.15, -0.1) is 0 Å². The minimum Gasteiger partial charge on any atom is -0.544 e. The van der Waals surface area contributed by atoms with E-state index >= 15 is 0 Å². The first-order chi connectivity index (χ1) is 1.41. The zero-order valence-electron chi connectivity index (χ0n) is 1.64. The molecule has 0 aromatic carbocycles. The topological polar surface area (TPSA) is 46.1 Å². The predicted octanol–water partition coefficient (Wildman–Crippen LogP) is -2.91. The highest BCUT2D eigenvalue weighted by atomic mass is 35.6. The number of hydrogen-bond donors (Lipinski definition) is 0. The van der Waals surface area contributed by atoms with E-state index in [0.717, 1.165) is 0 Å². The second-order valence-electron chi connectivity index (χ2n) is 0.0630. The second kappa shape index (κ2) is 9.72. The van der Waals surface area contributed by atoms with Crippen molar-refractivity contribution in [3.05, 3.63) is 0 Å². The molecule has 0 rings (SSSR count). The third-order valence-corrected chi connectivity index (χ3v) is 0. The van der Waals surface area contributed by atoms with Crippen LogP contribution in [0.15, 0.2) is 0 Å². The quantitative estimate of drug-likeness (QED) is 0.331. The number of rotatable bonds is 0. The van der Waals surface area contributed by atoms with Crippen LogP contribution >= 0.6 is 0 Å². The molecule has 28 valence electrons. The van der Waals surface area contributed by atoms with Crippen molar-refractivity contribution >= 4 is 0 Å². The fourth-order valence-electron chi connectivity index (χ4n) is 0. The molecule has 0 saturated carbocycles. The Morgan fingerprint density at radius 3 is 1.25 bits per heavy atom. The molecule has 0 atom stereocenters. The van der Waals surface area contributed by atoms with Crippen LogP contribution in [0.3, 0.4) is 0 Å². The Morgan fingerprint density at radius 1 is 1.25 bits per heavy atom. The summed E-state index contributed by atoms with van der Waals surface area (Å²) in [6, 6.07) is 0. The molecule has 0 bridgehead atoms. The van der Waals surface area contributed by atoms with Crippen LogP contribution in [0.25, 0.3) is 0 Å². The van der Waals surface area contributed by atoms with Crippen LogP contribution in [-0.2, 0) is 0 Å². The second-order valence-corrected chi connectivity index (χ2v) is 0.189. The SMILES string of the molecule is [ClH2+].[O-][Cl+][O-]. The molecule has 0 spiro atoms. The van der Waals surface area contributed by atoms with Crippen molar-refractivity contribution in [2.24, 2.45) is 0 Å². The standard InChI is InChI=1S/ClO2.ClH2/c2-1-3;/h;1H2/q-1;+1. The van der Waals surface area contributed by atoms with Crippen LogP contribution in [0, 0.1) is 23.7 Å². The van der Waals surface area contributed by atoms with E-state index in [1.165, 1.54) is 0 Å². The van der Waals surface area contributed by atoms with Gasteiger partial charge in [-0.2, -0.15) is 0 Å². The Labute approximate surface area is 33.9 Å². The fourth-order valence-corrected chi connectivity index (χ4v) is 0. The van der Waals surface area contributed by atoms with E-state index < -0.39 is 11.3 Å². The molecular formula is H2Cl2O2. The van der Waals surface area contributed by atoms with Gasteiger partial charge in [-0.05, 0) is 0 Å². The maximum atomic E-state index is 8.24. The molecule has 0 N–H and O–H groups in total. The smallest absolute Gasteiger partial charge is 0.0903 e. The zero-order valence-corrected chi connectivity index (χ0v) is 3.29. The van der Waals surface area contributed by atoms with E-state index in [-0.39, 0.29) is 12.4 Å². The molecule has 2 nitrogen and oxygen atoms in total. The lowest BCUT2D eigenvalue weighted by atomic mass is 15.9. The van der Waals surface area contributed by atoms with Gasteiger partial charge in [0, 0.05) is 0 Å². The van der Waals surface area contributed by atoms with Crippen LogP contribution in [0.2, 0.25) is 0 Å². The lowest BCUT2D eigenvalue weighted by Gasteiger charge is -1.68. The van der Waals surface area contributed by atoms with Gasteiger partial charge in [0.05, 0.1) is 23.7 Å². The van der Waals surface area contributed by atoms with Gasteiger partial charge in [0.25, 0.3) is 0 Å². The van der Waals surface area contributed by atoms with Crippen LogP contribution in [0.5, 0.6) is 0 Å². The van der Waals surface area contributed by atoms with E-state index in [4.69, 9.17) is 9.32 Å². The first-order valence-corrected chi connectivity index (χ1v) is 0.926. The van der Waals surface area contributed by atoms with Crippen molar-refractivity contribution in [3.63, 3.8) is 0 Å². The summed E-state index contributed by atoms with van der Waals surface area (Å²) in [6.07, 6.45) is 0. The minimum absolute atomic E-state index is 0. The Balaban J connectivity index is 0. The summed E-state index contributed by atoms with van der Waals surface area (Å²) in [7, 11) is 0. The van der Waals surface area contributed by atoms with E-state index in [9.17, 15) is 0 Å². The van der Waals surface area contributed by atoms with Gasteiger partial charge < -0.3 is 9.32 Å². The molecule has 0 unspecified atom stereocenters. The van der Waals surface area contributed by atoms with Gasteiger partial charge in [0.15, 0.2) is 0 Å². The Morgan fingerprint density at radius 2 is 1.25 bits per heavy atom. The molecule has 4 heavy (non-hydrogen) atoms. The molecule has 0 aliphatic heterocycles. The summed E-state index contributed by atoms with van der Waals surface area (Å²) in [5.74, 6) is 0. The predicted molar refractivity (Wildman–Crippen MR) is 2.79 cm³/mol. The Kier molecular flexibility index (Phi) is 21.4. The van der Waals surface area contributed by atoms with Crippen molar-refractivity contribution in [2.75, 3.05) is 0 Å². The highest BCUT2D eigenvalue weighted by Crippen LogP contribution is 0.940. The summed E-state index contributed by atoms with van der Waals surface area (Å²) in [5, 5.41) is 0. The molecule has 4 heteroatoms. The van der Waals surface area contributed by atoms with Gasteiger partial charge in [0.2, 0.25) is 0 Å². The highest BCUT2D eigenvalue weighted by Gasteiger charge is 1.22. The molecule has 0 aromatic rings. The molecule has 0 aromatic heterocycles. The third kappa shape index (κ3) is 22.5. The maximum Gasteiger partial charge on any atom is 0.0903 e. The number of halogens is 2. The monoisotopic (exact) mass is 104 g/mol. The largest absolute Gasteiger partial charge is 0.544 e. The molecule has 0 aliphatic rings. The Bertz CT molecular complexity index is 4.00. The normalized spacial score (nSPS) is 4.50. The molecule has 0 amide bonds. The molecule has 0 saturated heterocycles. The van der Waals surface area contributed by atoms with Gasteiger partial charge in [-0.25, -0.2) is 0 Å². The molecule has 0 radical (unpaired) electrons. The third-order valence-electron chi connectivity index (χ3n) is 0. The molecule has 0 heterocycles. The van der Waals surface area contributed by atoms with Crippen LogP contribution in [-0.4, -0.2) is 0 Å². The zero-order chi connectivity index (χ0) is 2.71. The summed E-state index contributed by atoms with van der Waals surface area (Å²) in [5.41, 5.74) is 0. The van der Waals surface area contributed by atoms with Crippen LogP contribution in [0.4, 0.5) is 0 Å².